The number of hydrogen-bond acceptors (Lipinski definition) is 6. The lowest BCUT2D eigenvalue weighted by atomic mass is 10.1. The number of carbonyl (C=O) groups excluding carboxylic acids is 1. The summed E-state index contributed by atoms with van der Waals surface area (Å²) in [5.41, 5.74) is 8.78. The highest BCUT2D eigenvalue weighted by atomic mass is 32.2. The minimum atomic E-state index is -3.61. The van der Waals surface area contributed by atoms with E-state index in [2.05, 4.69) is 10.2 Å². The number of aromatic nitrogens is 3. The second-order valence-electron chi connectivity index (χ2n) is 6.95. The zero-order valence-electron chi connectivity index (χ0n) is 17.2. The van der Waals surface area contributed by atoms with Crippen LogP contribution >= 0.6 is 11.8 Å². The third-order valence-electron chi connectivity index (χ3n) is 4.51. The molecule has 0 atom stereocenters. The van der Waals surface area contributed by atoms with Crippen LogP contribution in [-0.2, 0) is 14.8 Å². The SMILES string of the molecule is Cc1cccc(C)c1-n1c(SCC(N)=O)nnc1-c1cccc(S(=O)(=O)N(C)C)c1. The number of para-hydroxylation sites is 1. The van der Waals surface area contributed by atoms with E-state index in [-0.39, 0.29) is 10.6 Å². The van der Waals surface area contributed by atoms with Crippen molar-refractivity contribution in [3.8, 4) is 17.1 Å². The number of primary amides is 1. The second-order valence-corrected chi connectivity index (χ2v) is 10.0. The van der Waals surface area contributed by atoms with Crippen LogP contribution in [0.4, 0.5) is 0 Å². The highest BCUT2D eigenvalue weighted by Gasteiger charge is 2.22. The zero-order chi connectivity index (χ0) is 22.1. The smallest absolute Gasteiger partial charge is 0.242 e. The first-order chi connectivity index (χ1) is 14.1. The van der Waals surface area contributed by atoms with Gasteiger partial charge in [0.1, 0.15) is 0 Å². The number of hydrogen-bond donors (Lipinski definition) is 1. The summed E-state index contributed by atoms with van der Waals surface area (Å²) in [5, 5.41) is 9.08. The Hall–Kier alpha value is -2.69. The fraction of sp³-hybridized carbons (Fsp3) is 0.250. The largest absolute Gasteiger partial charge is 0.369 e. The highest BCUT2D eigenvalue weighted by Crippen LogP contribution is 2.32. The van der Waals surface area contributed by atoms with Gasteiger partial charge in [-0.3, -0.25) is 9.36 Å². The number of carbonyl (C=O) groups is 1. The first kappa shape index (κ1) is 22.0. The molecule has 158 valence electrons. The van der Waals surface area contributed by atoms with E-state index in [1.807, 2.05) is 36.6 Å². The van der Waals surface area contributed by atoms with Crippen LogP contribution < -0.4 is 5.73 Å². The second kappa shape index (κ2) is 8.58. The standard InChI is InChI=1S/C20H23N5O3S2/c1-13-7-5-8-14(2)18(13)25-19(22-23-20(25)29-12-17(21)26)15-9-6-10-16(11-15)30(27,28)24(3)4/h5-11H,12H2,1-4H3,(H2,21,26). The third-order valence-corrected chi connectivity index (χ3v) is 7.27. The topological polar surface area (TPSA) is 111 Å². The van der Waals surface area contributed by atoms with Gasteiger partial charge in [0.25, 0.3) is 0 Å². The van der Waals surface area contributed by atoms with Gasteiger partial charge in [-0.2, -0.15) is 0 Å². The number of sulfonamides is 1. The van der Waals surface area contributed by atoms with E-state index >= 15 is 0 Å². The summed E-state index contributed by atoms with van der Waals surface area (Å²) in [5.74, 6) is 0.0739. The van der Waals surface area contributed by atoms with Gasteiger partial charge in [0.2, 0.25) is 15.9 Å². The van der Waals surface area contributed by atoms with Gasteiger partial charge >= 0.3 is 0 Å². The Bertz CT molecular complexity index is 1180. The van der Waals surface area contributed by atoms with E-state index in [1.54, 1.807) is 24.3 Å². The van der Waals surface area contributed by atoms with Crippen molar-refractivity contribution in [1.82, 2.24) is 19.1 Å². The fourth-order valence-electron chi connectivity index (χ4n) is 3.05. The summed E-state index contributed by atoms with van der Waals surface area (Å²) in [4.78, 5) is 11.5. The number of rotatable bonds is 7. The molecule has 1 amide bonds. The predicted molar refractivity (Wildman–Crippen MR) is 117 cm³/mol. The Morgan fingerprint density at radius 2 is 1.73 bits per heavy atom. The molecular formula is C20H23N5O3S2. The van der Waals surface area contributed by atoms with Crippen LogP contribution in [0.3, 0.4) is 0 Å². The minimum absolute atomic E-state index is 0.0537. The molecule has 10 heteroatoms. The number of nitrogens with zero attached hydrogens (tertiary/aromatic N) is 4. The van der Waals surface area contributed by atoms with Crippen molar-refractivity contribution < 1.29 is 13.2 Å². The maximum absolute atomic E-state index is 12.6. The van der Waals surface area contributed by atoms with Gasteiger partial charge in [0.05, 0.1) is 16.3 Å². The quantitative estimate of drug-likeness (QED) is 0.559. The molecule has 2 aromatic carbocycles. The molecule has 30 heavy (non-hydrogen) atoms. The molecule has 1 heterocycles. The lowest BCUT2D eigenvalue weighted by molar-refractivity contribution is -0.115. The molecule has 0 unspecified atom stereocenters. The van der Waals surface area contributed by atoms with Crippen molar-refractivity contribution in [3.05, 3.63) is 53.6 Å². The molecule has 0 saturated carbocycles. The van der Waals surface area contributed by atoms with Gasteiger partial charge < -0.3 is 5.73 Å². The average Bonchev–Trinajstić information content (AvgIpc) is 3.10. The van der Waals surface area contributed by atoms with Gasteiger partial charge in [0.15, 0.2) is 11.0 Å². The molecule has 0 spiro atoms. The molecule has 0 radical (unpaired) electrons. The number of nitrogens with two attached hydrogens (primary N) is 1. The Balaban J connectivity index is 2.23. The highest BCUT2D eigenvalue weighted by molar-refractivity contribution is 7.99. The van der Waals surface area contributed by atoms with Gasteiger partial charge in [-0.05, 0) is 37.1 Å². The zero-order valence-corrected chi connectivity index (χ0v) is 18.8. The van der Waals surface area contributed by atoms with Crippen LogP contribution in [0.2, 0.25) is 0 Å². The maximum atomic E-state index is 12.6. The lowest BCUT2D eigenvalue weighted by Gasteiger charge is -2.16. The minimum Gasteiger partial charge on any atom is -0.369 e. The van der Waals surface area contributed by atoms with E-state index in [0.717, 1.165) is 21.1 Å². The molecule has 0 saturated heterocycles. The number of benzene rings is 2. The van der Waals surface area contributed by atoms with Crippen molar-refractivity contribution in [2.75, 3.05) is 19.8 Å². The maximum Gasteiger partial charge on any atom is 0.242 e. The fourth-order valence-corrected chi connectivity index (χ4v) is 4.68. The van der Waals surface area contributed by atoms with E-state index in [9.17, 15) is 13.2 Å². The van der Waals surface area contributed by atoms with E-state index < -0.39 is 15.9 Å². The summed E-state index contributed by atoms with van der Waals surface area (Å²) in [6.07, 6.45) is 0. The van der Waals surface area contributed by atoms with E-state index in [1.165, 1.54) is 25.9 Å². The summed E-state index contributed by atoms with van der Waals surface area (Å²) in [6.45, 7) is 3.95. The normalized spacial score (nSPS) is 11.8. The molecule has 0 aliphatic heterocycles. The summed E-state index contributed by atoms with van der Waals surface area (Å²) in [7, 11) is -0.635. The molecule has 0 aliphatic carbocycles. The van der Waals surface area contributed by atoms with Crippen LogP contribution in [0.1, 0.15) is 11.1 Å². The lowest BCUT2D eigenvalue weighted by Crippen LogP contribution is -2.22. The van der Waals surface area contributed by atoms with Crippen molar-refractivity contribution in [2.24, 2.45) is 5.73 Å². The van der Waals surface area contributed by atoms with Crippen LogP contribution in [0.15, 0.2) is 52.5 Å². The molecule has 0 fully saturated rings. The number of amides is 1. The molecular weight excluding hydrogens is 422 g/mol. The molecule has 1 aromatic heterocycles. The van der Waals surface area contributed by atoms with Crippen LogP contribution in [-0.4, -0.2) is 53.2 Å². The summed E-state index contributed by atoms with van der Waals surface area (Å²) >= 11 is 1.19. The van der Waals surface area contributed by atoms with Gasteiger partial charge in [0, 0.05) is 19.7 Å². The van der Waals surface area contributed by atoms with Gasteiger partial charge in [-0.25, -0.2) is 12.7 Å². The average molecular weight is 446 g/mol. The van der Waals surface area contributed by atoms with Crippen molar-refractivity contribution in [1.29, 1.82) is 0 Å². The van der Waals surface area contributed by atoms with E-state index in [0.29, 0.717) is 16.5 Å². The van der Waals surface area contributed by atoms with Crippen LogP contribution in [0.25, 0.3) is 17.1 Å². The molecule has 3 aromatic rings. The van der Waals surface area contributed by atoms with Crippen LogP contribution in [0.5, 0.6) is 0 Å². The van der Waals surface area contributed by atoms with Crippen molar-refractivity contribution in [3.63, 3.8) is 0 Å². The Kier molecular flexibility index (Phi) is 6.30. The van der Waals surface area contributed by atoms with Crippen LogP contribution in [0, 0.1) is 13.8 Å². The Morgan fingerprint density at radius 3 is 2.33 bits per heavy atom. The molecule has 8 nitrogen and oxygen atoms in total. The molecule has 0 bridgehead atoms. The van der Waals surface area contributed by atoms with E-state index in [4.69, 9.17) is 5.73 Å². The first-order valence-corrected chi connectivity index (χ1v) is 11.5. The number of thioether (sulfide) groups is 1. The Labute approximate surface area is 180 Å². The molecule has 3 rings (SSSR count). The summed E-state index contributed by atoms with van der Waals surface area (Å²) < 4.78 is 28.2. The third kappa shape index (κ3) is 4.25. The van der Waals surface area contributed by atoms with Gasteiger partial charge in [-0.15, -0.1) is 10.2 Å². The monoisotopic (exact) mass is 445 g/mol. The predicted octanol–water partition coefficient (Wildman–Crippen LogP) is 2.38. The van der Waals surface area contributed by atoms with Gasteiger partial charge in [-0.1, -0.05) is 42.1 Å². The Morgan fingerprint density at radius 1 is 1.10 bits per heavy atom. The molecule has 0 aliphatic rings. The first-order valence-electron chi connectivity index (χ1n) is 9.09. The van der Waals surface area contributed by atoms with Crippen molar-refractivity contribution >= 4 is 27.7 Å². The summed E-state index contributed by atoms with van der Waals surface area (Å²) in [6, 6.07) is 12.5. The molecule has 2 N–H and O–H groups in total. The number of aryl methyl sites for hydroxylation is 2. The van der Waals surface area contributed by atoms with Crippen molar-refractivity contribution in [2.45, 2.75) is 23.9 Å².